The van der Waals surface area contributed by atoms with Crippen LogP contribution in [0.5, 0.6) is 11.5 Å². The van der Waals surface area contributed by atoms with E-state index in [-0.39, 0.29) is 30.4 Å². The van der Waals surface area contributed by atoms with Gasteiger partial charge in [0.2, 0.25) is 5.91 Å². The summed E-state index contributed by atoms with van der Waals surface area (Å²) in [7, 11) is 1.61. The molecule has 2 rings (SSSR count). The van der Waals surface area contributed by atoms with Crippen LogP contribution in [0.3, 0.4) is 0 Å². The van der Waals surface area contributed by atoms with Crippen LogP contribution in [0, 0.1) is 0 Å². The summed E-state index contributed by atoms with van der Waals surface area (Å²) >= 11 is 0. The molecule has 0 aromatic heterocycles. The highest BCUT2D eigenvalue weighted by Crippen LogP contribution is 2.26. The average Bonchev–Trinajstić information content (AvgIpc) is 2.75. The van der Waals surface area contributed by atoms with Gasteiger partial charge in [-0.05, 0) is 56.0 Å². The Labute approximate surface area is 185 Å². The molecular formula is C25H34N2O4. The maximum Gasteiger partial charge on any atom is 0.261 e. The van der Waals surface area contributed by atoms with Gasteiger partial charge in [0.15, 0.2) is 6.61 Å². The van der Waals surface area contributed by atoms with E-state index >= 15 is 0 Å². The lowest BCUT2D eigenvalue weighted by atomic mass is 10.0. The Bertz CT molecular complexity index is 862. The second-order valence-corrected chi connectivity index (χ2v) is 8.19. The summed E-state index contributed by atoms with van der Waals surface area (Å²) in [6, 6.07) is 14.5. The number of hydrogen-bond donors (Lipinski definition) is 1. The quantitative estimate of drug-likeness (QED) is 0.620. The molecule has 1 atom stereocenters. The van der Waals surface area contributed by atoms with Gasteiger partial charge in [-0.3, -0.25) is 9.59 Å². The predicted octanol–water partition coefficient (Wildman–Crippen LogP) is 4.14. The van der Waals surface area contributed by atoms with Crippen molar-refractivity contribution in [2.45, 2.75) is 59.2 Å². The Kier molecular flexibility index (Phi) is 8.91. The maximum absolute atomic E-state index is 13.2. The number of methoxy groups -OCH3 is 1. The fourth-order valence-corrected chi connectivity index (χ4v) is 3.23. The van der Waals surface area contributed by atoms with Crippen molar-refractivity contribution >= 4 is 11.8 Å². The molecule has 2 amide bonds. The lowest BCUT2D eigenvalue weighted by Crippen LogP contribution is -2.50. The SMILES string of the molecule is COc1ccc(CN(C(=O)COc2ccccc2C(C)C)C(C)C(=O)NC(C)C)cc1. The molecular weight excluding hydrogens is 392 g/mol. The van der Waals surface area contributed by atoms with Crippen molar-refractivity contribution in [3.63, 3.8) is 0 Å². The van der Waals surface area contributed by atoms with Gasteiger partial charge in [0.25, 0.3) is 5.91 Å². The minimum atomic E-state index is -0.638. The van der Waals surface area contributed by atoms with Gasteiger partial charge < -0.3 is 19.7 Å². The van der Waals surface area contributed by atoms with Crippen LogP contribution in [-0.4, -0.2) is 42.5 Å². The molecule has 0 aliphatic heterocycles. The molecule has 0 aliphatic rings. The van der Waals surface area contributed by atoms with Gasteiger partial charge in [0.05, 0.1) is 7.11 Å². The summed E-state index contributed by atoms with van der Waals surface area (Å²) in [6.45, 7) is 9.85. The number of nitrogens with one attached hydrogen (secondary N) is 1. The van der Waals surface area contributed by atoms with Crippen molar-refractivity contribution in [2.75, 3.05) is 13.7 Å². The first kappa shape index (κ1) is 24.3. The Morgan fingerprint density at radius 3 is 2.19 bits per heavy atom. The second-order valence-electron chi connectivity index (χ2n) is 8.19. The van der Waals surface area contributed by atoms with Gasteiger partial charge in [0.1, 0.15) is 17.5 Å². The number of hydrogen-bond acceptors (Lipinski definition) is 4. The molecule has 6 nitrogen and oxygen atoms in total. The summed E-state index contributed by atoms with van der Waals surface area (Å²) in [5, 5.41) is 2.89. The van der Waals surface area contributed by atoms with E-state index in [4.69, 9.17) is 9.47 Å². The number of benzene rings is 2. The molecule has 31 heavy (non-hydrogen) atoms. The van der Waals surface area contributed by atoms with Gasteiger partial charge >= 0.3 is 0 Å². The number of para-hydroxylation sites is 1. The standard InChI is InChI=1S/C25H34N2O4/c1-17(2)22-9-7-8-10-23(22)31-16-24(28)27(19(5)25(29)26-18(3)4)15-20-11-13-21(30-6)14-12-20/h7-14,17-19H,15-16H2,1-6H3,(H,26,29). The molecule has 0 saturated heterocycles. The van der Waals surface area contributed by atoms with E-state index in [9.17, 15) is 9.59 Å². The molecule has 0 saturated carbocycles. The van der Waals surface area contributed by atoms with E-state index in [0.29, 0.717) is 12.3 Å². The second kappa shape index (κ2) is 11.4. The van der Waals surface area contributed by atoms with Crippen molar-refractivity contribution in [3.8, 4) is 11.5 Å². The molecule has 0 aliphatic carbocycles. The summed E-state index contributed by atoms with van der Waals surface area (Å²) in [5.41, 5.74) is 1.95. The first-order chi connectivity index (χ1) is 14.7. The minimum absolute atomic E-state index is 0.0120. The van der Waals surface area contributed by atoms with E-state index in [2.05, 4.69) is 19.2 Å². The van der Waals surface area contributed by atoms with Crippen LogP contribution in [0.1, 0.15) is 51.7 Å². The molecule has 1 N–H and O–H groups in total. The summed E-state index contributed by atoms with van der Waals surface area (Å²) in [5.74, 6) is 1.26. The molecule has 0 radical (unpaired) electrons. The topological polar surface area (TPSA) is 67.9 Å². The van der Waals surface area contributed by atoms with Crippen LogP contribution in [-0.2, 0) is 16.1 Å². The smallest absolute Gasteiger partial charge is 0.261 e. The average molecular weight is 427 g/mol. The molecule has 168 valence electrons. The molecule has 2 aromatic carbocycles. The number of ether oxygens (including phenoxy) is 2. The Morgan fingerprint density at radius 1 is 0.968 bits per heavy atom. The molecule has 0 bridgehead atoms. The Balaban J connectivity index is 2.19. The van der Waals surface area contributed by atoms with Crippen molar-refractivity contribution < 1.29 is 19.1 Å². The van der Waals surface area contributed by atoms with E-state index in [1.54, 1.807) is 18.9 Å². The van der Waals surface area contributed by atoms with Crippen molar-refractivity contribution in [2.24, 2.45) is 0 Å². The lowest BCUT2D eigenvalue weighted by molar-refractivity contribution is -0.142. The largest absolute Gasteiger partial charge is 0.497 e. The Hall–Kier alpha value is -3.02. The van der Waals surface area contributed by atoms with Crippen LogP contribution >= 0.6 is 0 Å². The Morgan fingerprint density at radius 2 is 1.61 bits per heavy atom. The number of nitrogens with zero attached hydrogens (tertiary/aromatic N) is 1. The zero-order valence-electron chi connectivity index (χ0n) is 19.3. The molecule has 2 aromatic rings. The fourth-order valence-electron chi connectivity index (χ4n) is 3.23. The summed E-state index contributed by atoms with van der Waals surface area (Å²) < 4.78 is 11.1. The van der Waals surface area contributed by atoms with Crippen LogP contribution in [0.4, 0.5) is 0 Å². The van der Waals surface area contributed by atoms with E-state index < -0.39 is 6.04 Å². The predicted molar refractivity (Wildman–Crippen MR) is 122 cm³/mol. The zero-order valence-corrected chi connectivity index (χ0v) is 19.3. The highest BCUT2D eigenvalue weighted by molar-refractivity contribution is 5.88. The van der Waals surface area contributed by atoms with Gasteiger partial charge in [-0.25, -0.2) is 0 Å². The van der Waals surface area contributed by atoms with E-state index in [1.165, 1.54) is 0 Å². The van der Waals surface area contributed by atoms with Crippen LogP contribution < -0.4 is 14.8 Å². The lowest BCUT2D eigenvalue weighted by Gasteiger charge is -2.29. The van der Waals surface area contributed by atoms with Gasteiger partial charge in [-0.1, -0.05) is 44.2 Å². The number of carbonyl (C=O) groups excluding carboxylic acids is 2. The molecule has 1 unspecified atom stereocenters. The van der Waals surface area contributed by atoms with E-state index in [0.717, 1.165) is 16.9 Å². The number of amides is 2. The third-order valence-electron chi connectivity index (χ3n) is 5.00. The summed E-state index contributed by atoms with van der Waals surface area (Å²) in [4.78, 5) is 27.3. The first-order valence-corrected chi connectivity index (χ1v) is 10.7. The maximum atomic E-state index is 13.2. The van der Waals surface area contributed by atoms with Crippen LogP contribution in [0.2, 0.25) is 0 Å². The highest BCUT2D eigenvalue weighted by Gasteiger charge is 2.27. The number of carbonyl (C=O) groups is 2. The zero-order chi connectivity index (χ0) is 23.0. The monoisotopic (exact) mass is 426 g/mol. The third kappa shape index (κ3) is 7.02. The van der Waals surface area contributed by atoms with E-state index in [1.807, 2.05) is 62.4 Å². The summed E-state index contributed by atoms with van der Waals surface area (Å²) in [6.07, 6.45) is 0. The molecule has 0 fully saturated rings. The normalized spacial score (nSPS) is 11.9. The first-order valence-electron chi connectivity index (χ1n) is 10.7. The van der Waals surface area contributed by atoms with Gasteiger partial charge in [-0.15, -0.1) is 0 Å². The molecule has 6 heteroatoms. The third-order valence-corrected chi connectivity index (χ3v) is 5.00. The van der Waals surface area contributed by atoms with Crippen LogP contribution in [0.25, 0.3) is 0 Å². The van der Waals surface area contributed by atoms with Gasteiger partial charge in [0, 0.05) is 12.6 Å². The van der Waals surface area contributed by atoms with Crippen molar-refractivity contribution in [1.82, 2.24) is 10.2 Å². The highest BCUT2D eigenvalue weighted by atomic mass is 16.5. The van der Waals surface area contributed by atoms with Gasteiger partial charge in [-0.2, -0.15) is 0 Å². The van der Waals surface area contributed by atoms with Crippen LogP contribution in [0.15, 0.2) is 48.5 Å². The minimum Gasteiger partial charge on any atom is -0.497 e. The van der Waals surface area contributed by atoms with Crippen molar-refractivity contribution in [1.29, 1.82) is 0 Å². The fraction of sp³-hybridized carbons (Fsp3) is 0.440. The number of rotatable bonds is 10. The van der Waals surface area contributed by atoms with Crippen molar-refractivity contribution in [3.05, 3.63) is 59.7 Å². The molecule has 0 spiro atoms. The molecule has 0 heterocycles.